The van der Waals surface area contributed by atoms with E-state index in [0.29, 0.717) is 22.9 Å². The third-order valence-electron chi connectivity index (χ3n) is 4.77. The lowest BCUT2D eigenvalue weighted by Gasteiger charge is -2.26. The maximum absolute atomic E-state index is 12.1. The molecule has 0 saturated carbocycles. The molecule has 0 unspecified atom stereocenters. The van der Waals surface area contributed by atoms with Crippen LogP contribution >= 0.6 is 23.4 Å². The summed E-state index contributed by atoms with van der Waals surface area (Å²) in [6.07, 6.45) is 5.26. The van der Waals surface area contributed by atoms with Gasteiger partial charge >= 0.3 is 0 Å². The van der Waals surface area contributed by atoms with E-state index in [4.69, 9.17) is 16.3 Å². The average Bonchev–Trinajstić information content (AvgIpc) is 2.80. The van der Waals surface area contributed by atoms with Crippen LogP contribution in [-0.4, -0.2) is 48.4 Å². The molecule has 0 radical (unpaired) electrons. The van der Waals surface area contributed by atoms with E-state index in [2.05, 4.69) is 10.5 Å². The van der Waals surface area contributed by atoms with Gasteiger partial charge in [-0.1, -0.05) is 11.6 Å². The molecule has 3 rings (SSSR count). The van der Waals surface area contributed by atoms with E-state index < -0.39 is 0 Å². The highest BCUT2D eigenvalue weighted by molar-refractivity contribution is 7.99. The summed E-state index contributed by atoms with van der Waals surface area (Å²) < 4.78 is 5.59. The molecule has 1 fully saturated rings. The topological polar surface area (TPSA) is 71.0 Å². The first-order valence-corrected chi connectivity index (χ1v) is 11.7. The number of likely N-dealkylation sites (tertiary alicyclic amines) is 1. The van der Waals surface area contributed by atoms with Crippen LogP contribution < -0.4 is 10.2 Å². The van der Waals surface area contributed by atoms with Gasteiger partial charge in [0.25, 0.3) is 5.91 Å². The van der Waals surface area contributed by atoms with Crippen molar-refractivity contribution in [2.45, 2.75) is 30.6 Å². The number of nitrogens with one attached hydrogen (secondary N) is 1. The van der Waals surface area contributed by atoms with E-state index in [-0.39, 0.29) is 18.4 Å². The minimum atomic E-state index is -0.145. The summed E-state index contributed by atoms with van der Waals surface area (Å²) in [7, 11) is 0. The first kappa shape index (κ1) is 23.2. The molecule has 0 atom stereocenters. The van der Waals surface area contributed by atoms with Crippen molar-refractivity contribution in [2.75, 3.05) is 25.4 Å². The van der Waals surface area contributed by atoms with Gasteiger partial charge in [-0.3, -0.25) is 9.59 Å². The standard InChI is InChI=1S/C23H26ClN3O3S/c24-19-6-10-21(11-7-19)31-15-12-22(28)26-25-16-18-4-8-20(9-5-18)30-17-23(29)27-13-2-1-3-14-27/h4-11,16H,1-3,12-15,17H2,(H,26,28)/b25-16-. The third-order valence-corrected chi connectivity index (χ3v) is 6.03. The summed E-state index contributed by atoms with van der Waals surface area (Å²) >= 11 is 7.45. The summed E-state index contributed by atoms with van der Waals surface area (Å²) in [5.41, 5.74) is 3.36. The molecule has 2 aromatic rings. The Morgan fingerprint density at radius 1 is 1.06 bits per heavy atom. The molecule has 164 valence electrons. The number of carbonyl (C=O) groups is 2. The lowest BCUT2D eigenvalue weighted by Crippen LogP contribution is -2.38. The number of ether oxygens (including phenoxy) is 1. The molecule has 0 aromatic heterocycles. The molecule has 1 aliphatic heterocycles. The number of hydrogen-bond acceptors (Lipinski definition) is 5. The average molecular weight is 460 g/mol. The van der Waals surface area contributed by atoms with Crippen molar-refractivity contribution in [1.82, 2.24) is 10.3 Å². The highest BCUT2D eigenvalue weighted by Gasteiger charge is 2.16. The molecule has 6 nitrogen and oxygen atoms in total. The number of amides is 2. The van der Waals surface area contributed by atoms with Gasteiger partial charge in [0, 0.05) is 35.2 Å². The molecule has 2 aromatic carbocycles. The number of thioether (sulfide) groups is 1. The van der Waals surface area contributed by atoms with Gasteiger partial charge in [0.1, 0.15) is 5.75 Å². The molecule has 0 spiro atoms. The van der Waals surface area contributed by atoms with Crippen LogP contribution in [0.1, 0.15) is 31.2 Å². The summed E-state index contributed by atoms with van der Waals surface area (Å²) in [6.45, 7) is 1.70. The molecule has 0 aliphatic carbocycles. The number of halogens is 1. The Morgan fingerprint density at radius 3 is 2.48 bits per heavy atom. The van der Waals surface area contributed by atoms with Crippen LogP contribution in [0.2, 0.25) is 5.02 Å². The highest BCUT2D eigenvalue weighted by Crippen LogP contribution is 2.20. The van der Waals surface area contributed by atoms with Crippen molar-refractivity contribution in [3.05, 3.63) is 59.1 Å². The molecule has 8 heteroatoms. The van der Waals surface area contributed by atoms with Crippen molar-refractivity contribution in [3.8, 4) is 5.75 Å². The highest BCUT2D eigenvalue weighted by atomic mass is 35.5. The van der Waals surface area contributed by atoms with E-state index in [1.54, 1.807) is 30.1 Å². The zero-order valence-electron chi connectivity index (χ0n) is 17.3. The van der Waals surface area contributed by atoms with E-state index in [9.17, 15) is 9.59 Å². The Balaban J connectivity index is 1.34. The van der Waals surface area contributed by atoms with E-state index in [0.717, 1.165) is 36.4 Å². The van der Waals surface area contributed by atoms with Gasteiger partial charge in [-0.2, -0.15) is 5.10 Å². The Kier molecular flexibility index (Phi) is 9.24. The molecule has 0 bridgehead atoms. The largest absolute Gasteiger partial charge is 0.484 e. The number of benzene rings is 2. The van der Waals surface area contributed by atoms with Gasteiger partial charge in [0.2, 0.25) is 5.91 Å². The summed E-state index contributed by atoms with van der Waals surface area (Å²) in [4.78, 5) is 27.0. The zero-order valence-corrected chi connectivity index (χ0v) is 18.8. The fourth-order valence-corrected chi connectivity index (χ4v) is 4.03. The molecule has 2 amide bonds. The summed E-state index contributed by atoms with van der Waals surface area (Å²) in [5, 5.41) is 4.69. The molecule has 31 heavy (non-hydrogen) atoms. The number of carbonyl (C=O) groups excluding carboxylic acids is 2. The fourth-order valence-electron chi connectivity index (χ4n) is 3.06. The van der Waals surface area contributed by atoms with Crippen LogP contribution in [0.5, 0.6) is 5.75 Å². The number of nitrogens with zero attached hydrogens (tertiary/aromatic N) is 2. The quantitative estimate of drug-likeness (QED) is 0.343. The summed E-state index contributed by atoms with van der Waals surface area (Å²) in [6, 6.07) is 14.7. The zero-order chi connectivity index (χ0) is 21.9. The minimum absolute atomic E-state index is 0.0299. The fraction of sp³-hybridized carbons (Fsp3) is 0.348. The maximum Gasteiger partial charge on any atom is 0.260 e. The Hall–Kier alpha value is -2.51. The van der Waals surface area contributed by atoms with E-state index >= 15 is 0 Å². The van der Waals surface area contributed by atoms with E-state index in [1.165, 1.54) is 6.42 Å². The number of hydrogen-bond donors (Lipinski definition) is 1. The van der Waals surface area contributed by atoms with Crippen molar-refractivity contribution in [2.24, 2.45) is 5.10 Å². The van der Waals surface area contributed by atoms with Crippen LogP contribution in [-0.2, 0) is 9.59 Å². The van der Waals surface area contributed by atoms with Gasteiger partial charge < -0.3 is 9.64 Å². The lowest BCUT2D eigenvalue weighted by atomic mass is 10.1. The lowest BCUT2D eigenvalue weighted by molar-refractivity contribution is -0.134. The Morgan fingerprint density at radius 2 is 1.77 bits per heavy atom. The van der Waals surface area contributed by atoms with Gasteiger partial charge in [0.15, 0.2) is 6.61 Å². The smallest absolute Gasteiger partial charge is 0.260 e. The van der Waals surface area contributed by atoms with Gasteiger partial charge in [-0.25, -0.2) is 5.43 Å². The van der Waals surface area contributed by atoms with Crippen molar-refractivity contribution >= 4 is 41.4 Å². The molecule has 1 aliphatic rings. The molecule has 1 N–H and O–H groups in total. The van der Waals surface area contributed by atoms with Crippen molar-refractivity contribution in [3.63, 3.8) is 0 Å². The SMILES string of the molecule is O=C(CCSc1ccc(Cl)cc1)N/N=C\c1ccc(OCC(=O)N2CCCCC2)cc1. The normalized spacial score (nSPS) is 13.9. The second-order valence-electron chi connectivity index (χ2n) is 7.14. The van der Waals surface area contributed by atoms with Gasteiger partial charge in [-0.15, -0.1) is 11.8 Å². The first-order valence-electron chi connectivity index (χ1n) is 10.3. The van der Waals surface area contributed by atoms with Crippen LogP contribution in [0.3, 0.4) is 0 Å². The minimum Gasteiger partial charge on any atom is -0.484 e. The number of hydrazone groups is 1. The third kappa shape index (κ3) is 8.26. The van der Waals surface area contributed by atoms with Crippen molar-refractivity contribution < 1.29 is 14.3 Å². The Labute approximate surface area is 192 Å². The van der Waals surface area contributed by atoms with Gasteiger partial charge in [0.05, 0.1) is 6.21 Å². The molecular weight excluding hydrogens is 434 g/mol. The predicted molar refractivity (Wildman–Crippen MR) is 125 cm³/mol. The predicted octanol–water partition coefficient (Wildman–Crippen LogP) is 4.36. The van der Waals surface area contributed by atoms with Crippen molar-refractivity contribution in [1.29, 1.82) is 0 Å². The van der Waals surface area contributed by atoms with Gasteiger partial charge in [-0.05, 0) is 73.4 Å². The van der Waals surface area contributed by atoms with Crippen LogP contribution in [0.4, 0.5) is 0 Å². The first-order chi connectivity index (χ1) is 15.1. The van der Waals surface area contributed by atoms with Crippen LogP contribution in [0, 0.1) is 0 Å². The number of piperidine rings is 1. The van der Waals surface area contributed by atoms with E-state index in [1.807, 2.05) is 41.3 Å². The van der Waals surface area contributed by atoms with Crippen LogP contribution in [0.25, 0.3) is 0 Å². The molecular formula is C23H26ClN3O3S. The summed E-state index contributed by atoms with van der Waals surface area (Å²) in [5.74, 6) is 1.17. The van der Waals surface area contributed by atoms with Crippen LogP contribution in [0.15, 0.2) is 58.5 Å². The second kappa shape index (κ2) is 12.4. The second-order valence-corrected chi connectivity index (χ2v) is 8.75. The molecule has 1 saturated heterocycles. The maximum atomic E-state index is 12.1. The Bertz CT molecular complexity index is 882. The monoisotopic (exact) mass is 459 g/mol. The number of rotatable bonds is 9. The molecule has 1 heterocycles.